The Kier molecular flexibility index (Phi) is 6.88. The van der Waals surface area contributed by atoms with Gasteiger partial charge in [0, 0.05) is 37.6 Å². The molecule has 1 N–H and O–H groups in total. The summed E-state index contributed by atoms with van der Waals surface area (Å²) in [4.78, 5) is 17.1. The quantitative estimate of drug-likeness (QED) is 0.562. The largest absolute Gasteiger partial charge is 0.339 e. The van der Waals surface area contributed by atoms with Crippen molar-refractivity contribution < 1.29 is 4.79 Å². The third kappa shape index (κ3) is 4.95. The monoisotopic (exact) mass is 411 g/mol. The minimum absolute atomic E-state index is 0.223. The maximum Gasteiger partial charge on any atom is 0.244 e. The third-order valence-electron chi connectivity index (χ3n) is 4.77. The number of nitrogens with zero attached hydrogens (tertiary/aromatic N) is 4. The summed E-state index contributed by atoms with van der Waals surface area (Å²) in [6, 6.07) is 9.44. The average Bonchev–Trinajstić information content (AvgIpc) is 3.26. The van der Waals surface area contributed by atoms with Gasteiger partial charge in [0.25, 0.3) is 0 Å². The Labute approximate surface area is 176 Å². The number of amides is 1. The van der Waals surface area contributed by atoms with E-state index in [0.29, 0.717) is 5.15 Å². The highest BCUT2D eigenvalue weighted by Crippen LogP contribution is 2.23. The predicted octanol–water partition coefficient (Wildman–Crippen LogP) is 4.30. The highest BCUT2D eigenvalue weighted by molar-refractivity contribution is 6.31. The first kappa shape index (κ1) is 20.9. The third-order valence-corrected chi connectivity index (χ3v) is 5.17. The van der Waals surface area contributed by atoms with Crippen LogP contribution in [0.5, 0.6) is 0 Å². The SMILES string of the molecule is CCCCn1nc(C)c(/C=C/C(=O)NC(c2ccccc2)c2nccn2C)c1Cl. The Balaban J connectivity index is 1.79. The lowest BCUT2D eigenvalue weighted by Gasteiger charge is -2.18. The van der Waals surface area contributed by atoms with Crippen LogP contribution in [0.3, 0.4) is 0 Å². The second kappa shape index (κ2) is 9.56. The molecule has 6 nitrogen and oxygen atoms in total. The number of imidazole rings is 1. The number of nitrogens with one attached hydrogen (secondary N) is 1. The second-order valence-electron chi connectivity index (χ2n) is 6.95. The van der Waals surface area contributed by atoms with Gasteiger partial charge in [-0.2, -0.15) is 5.10 Å². The van der Waals surface area contributed by atoms with Gasteiger partial charge >= 0.3 is 0 Å². The van der Waals surface area contributed by atoms with Crippen molar-refractivity contribution in [2.45, 2.75) is 39.3 Å². The molecular formula is C22H26ClN5O. The predicted molar refractivity (Wildman–Crippen MR) is 116 cm³/mol. The van der Waals surface area contributed by atoms with Crippen LogP contribution in [0, 0.1) is 6.92 Å². The van der Waals surface area contributed by atoms with Crippen LogP contribution in [0.25, 0.3) is 6.08 Å². The number of rotatable bonds is 8. The van der Waals surface area contributed by atoms with E-state index >= 15 is 0 Å². The van der Waals surface area contributed by atoms with Crippen molar-refractivity contribution in [3.05, 3.63) is 76.6 Å². The Hall–Kier alpha value is -2.86. The number of hydrogen-bond donors (Lipinski definition) is 1. The number of benzene rings is 1. The number of carbonyl (C=O) groups excluding carboxylic acids is 1. The van der Waals surface area contributed by atoms with Gasteiger partial charge < -0.3 is 9.88 Å². The molecule has 0 saturated heterocycles. The van der Waals surface area contributed by atoms with E-state index in [1.165, 1.54) is 6.08 Å². The molecule has 0 aliphatic rings. The van der Waals surface area contributed by atoms with Crippen LogP contribution in [0.4, 0.5) is 0 Å². The van der Waals surface area contributed by atoms with Gasteiger partial charge in [-0.1, -0.05) is 55.3 Å². The molecule has 7 heteroatoms. The fourth-order valence-electron chi connectivity index (χ4n) is 3.16. The van der Waals surface area contributed by atoms with E-state index in [4.69, 9.17) is 11.6 Å². The molecule has 0 spiro atoms. The maximum absolute atomic E-state index is 12.7. The molecule has 3 rings (SSSR count). The Morgan fingerprint density at radius 3 is 2.72 bits per heavy atom. The lowest BCUT2D eigenvalue weighted by atomic mass is 10.1. The first-order valence-electron chi connectivity index (χ1n) is 9.75. The van der Waals surface area contributed by atoms with Crippen molar-refractivity contribution in [2.24, 2.45) is 7.05 Å². The molecule has 0 saturated carbocycles. The van der Waals surface area contributed by atoms with E-state index < -0.39 is 0 Å². The van der Waals surface area contributed by atoms with Crippen molar-refractivity contribution in [2.75, 3.05) is 0 Å². The van der Waals surface area contributed by atoms with E-state index in [1.54, 1.807) is 17.0 Å². The topological polar surface area (TPSA) is 64.7 Å². The molecule has 2 aromatic heterocycles. The fraction of sp³-hybridized carbons (Fsp3) is 0.318. The van der Waals surface area contributed by atoms with Gasteiger partial charge in [-0.05, 0) is 25.0 Å². The molecule has 0 aliphatic carbocycles. The van der Waals surface area contributed by atoms with Crippen molar-refractivity contribution in [1.29, 1.82) is 0 Å². The van der Waals surface area contributed by atoms with Gasteiger partial charge in [0.2, 0.25) is 5.91 Å². The number of aromatic nitrogens is 4. The number of carbonyl (C=O) groups is 1. The standard InChI is InChI=1S/C22H26ClN5O/c1-4-5-14-28-21(23)18(16(2)26-28)11-12-19(29)25-20(17-9-7-6-8-10-17)22-24-13-15-27(22)3/h6-13,15,20H,4-5,14H2,1-3H3,(H,25,29)/b12-11+. The molecule has 1 aromatic carbocycles. The molecule has 0 radical (unpaired) electrons. The van der Waals surface area contributed by atoms with Crippen LogP contribution in [-0.2, 0) is 18.4 Å². The molecule has 0 aliphatic heterocycles. The first-order valence-corrected chi connectivity index (χ1v) is 10.1. The van der Waals surface area contributed by atoms with Gasteiger partial charge in [-0.25, -0.2) is 4.98 Å². The molecule has 2 heterocycles. The summed E-state index contributed by atoms with van der Waals surface area (Å²) in [5.41, 5.74) is 2.54. The molecule has 3 aromatic rings. The number of halogens is 1. The van der Waals surface area contributed by atoms with Gasteiger partial charge in [0.1, 0.15) is 17.0 Å². The van der Waals surface area contributed by atoms with Crippen LogP contribution in [0.1, 0.15) is 48.5 Å². The van der Waals surface area contributed by atoms with Gasteiger partial charge in [-0.3, -0.25) is 9.48 Å². The lowest BCUT2D eigenvalue weighted by Crippen LogP contribution is -2.29. The molecule has 1 unspecified atom stereocenters. The summed E-state index contributed by atoms with van der Waals surface area (Å²) < 4.78 is 3.69. The smallest absolute Gasteiger partial charge is 0.244 e. The molecule has 1 amide bonds. The summed E-state index contributed by atoms with van der Waals surface area (Å²) in [5, 5.41) is 8.08. The minimum Gasteiger partial charge on any atom is -0.339 e. The normalized spacial score (nSPS) is 12.4. The maximum atomic E-state index is 12.7. The molecule has 0 bridgehead atoms. The van der Waals surface area contributed by atoms with E-state index in [2.05, 4.69) is 22.3 Å². The number of aryl methyl sites for hydroxylation is 3. The summed E-state index contributed by atoms with van der Waals surface area (Å²) in [5.74, 6) is 0.540. The summed E-state index contributed by atoms with van der Waals surface area (Å²) in [7, 11) is 1.91. The summed E-state index contributed by atoms with van der Waals surface area (Å²) >= 11 is 6.46. The van der Waals surface area contributed by atoms with Crippen LogP contribution < -0.4 is 5.32 Å². The van der Waals surface area contributed by atoms with Gasteiger partial charge in [0.15, 0.2) is 0 Å². The van der Waals surface area contributed by atoms with Crippen LogP contribution in [0.15, 0.2) is 48.8 Å². The zero-order chi connectivity index (χ0) is 20.8. The summed E-state index contributed by atoms with van der Waals surface area (Å²) in [6.07, 6.45) is 8.88. The van der Waals surface area contributed by atoms with Crippen molar-refractivity contribution in [3.63, 3.8) is 0 Å². The van der Waals surface area contributed by atoms with E-state index in [1.807, 2.05) is 55.1 Å². The molecule has 0 fully saturated rings. The number of unbranched alkanes of at least 4 members (excludes halogenated alkanes) is 1. The fourth-order valence-corrected chi connectivity index (χ4v) is 3.48. The van der Waals surface area contributed by atoms with E-state index in [9.17, 15) is 4.79 Å². The Morgan fingerprint density at radius 1 is 1.31 bits per heavy atom. The summed E-state index contributed by atoms with van der Waals surface area (Å²) in [6.45, 7) is 4.79. The highest BCUT2D eigenvalue weighted by Gasteiger charge is 2.20. The van der Waals surface area contributed by atoms with Crippen LogP contribution in [0.2, 0.25) is 5.15 Å². The molecule has 29 heavy (non-hydrogen) atoms. The van der Waals surface area contributed by atoms with Crippen LogP contribution in [-0.4, -0.2) is 25.2 Å². The van der Waals surface area contributed by atoms with Crippen molar-refractivity contribution in [1.82, 2.24) is 24.6 Å². The van der Waals surface area contributed by atoms with Gasteiger partial charge in [0.05, 0.1) is 5.69 Å². The molecule has 1 atom stereocenters. The zero-order valence-corrected chi connectivity index (χ0v) is 17.7. The van der Waals surface area contributed by atoms with E-state index in [-0.39, 0.29) is 11.9 Å². The van der Waals surface area contributed by atoms with E-state index in [0.717, 1.165) is 42.0 Å². The average molecular weight is 412 g/mol. The van der Waals surface area contributed by atoms with Gasteiger partial charge in [-0.15, -0.1) is 0 Å². The second-order valence-corrected chi connectivity index (χ2v) is 7.31. The lowest BCUT2D eigenvalue weighted by molar-refractivity contribution is -0.117. The molecular weight excluding hydrogens is 386 g/mol. The molecule has 152 valence electrons. The highest BCUT2D eigenvalue weighted by atomic mass is 35.5. The minimum atomic E-state index is -0.350. The zero-order valence-electron chi connectivity index (χ0n) is 17.0. The van der Waals surface area contributed by atoms with Crippen molar-refractivity contribution in [3.8, 4) is 0 Å². The first-order chi connectivity index (χ1) is 14.0. The Morgan fingerprint density at radius 2 is 2.07 bits per heavy atom. The van der Waals surface area contributed by atoms with Crippen LogP contribution >= 0.6 is 11.6 Å². The Bertz CT molecular complexity index is 990. The van der Waals surface area contributed by atoms with Crippen molar-refractivity contribution >= 4 is 23.6 Å². The number of hydrogen-bond acceptors (Lipinski definition) is 3.